The van der Waals surface area contributed by atoms with Crippen LogP contribution in [0.1, 0.15) is 47.7 Å². The fraction of sp³-hybridized carbons (Fsp3) is 0.429. The van der Waals surface area contributed by atoms with Crippen LogP contribution in [0.5, 0.6) is 0 Å². The number of hydrogen-bond acceptors (Lipinski definition) is 6. The molecule has 0 unspecified atom stereocenters. The number of furan rings is 1. The van der Waals surface area contributed by atoms with Crippen LogP contribution in [-0.2, 0) is 6.54 Å². The Morgan fingerprint density at radius 3 is 2.60 bits per heavy atom. The van der Waals surface area contributed by atoms with E-state index in [0.29, 0.717) is 25.4 Å². The van der Waals surface area contributed by atoms with E-state index < -0.39 is 0 Å². The predicted octanol–water partition coefficient (Wildman–Crippen LogP) is 2.75. The van der Waals surface area contributed by atoms with Gasteiger partial charge >= 0.3 is 0 Å². The number of amides is 1. The first-order valence-corrected chi connectivity index (χ1v) is 10.2. The average molecular weight is 412 g/mol. The summed E-state index contributed by atoms with van der Waals surface area (Å²) in [6, 6.07) is 9.85. The smallest absolute Gasteiger partial charge is 0.289 e. The molecular formula is C21H25FN6O2. The quantitative estimate of drug-likeness (QED) is 0.594. The molecule has 0 saturated carbocycles. The lowest BCUT2D eigenvalue weighted by molar-refractivity contribution is 0.0515. The van der Waals surface area contributed by atoms with Crippen LogP contribution in [0.3, 0.4) is 0 Å². The molecule has 1 atom stereocenters. The van der Waals surface area contributed by atoms with Crippen LogP contribution >= 0.6 is 0 Å². The van der Waals surface area contributed by atoms with Crippen molar-refractivity contribution in [1.82, 2.24) is 30.0 Å². The minimum atomic E-state index is -0.262. The highest BCUT2D eigenvalue weighted by Gasteiger charge is 2.30. The van der Waals surface area contributed by atoms with Gasteiger partial charge in [-0.1, -0.05) is 25.5 Å². The molecule has 1 aromatic carbocycles. The van der Waals surface area contributed by atoms with Gasteiger partial charge in [0.05, 0.1) is 18.8 Å². The Kier molecular flexibility index (Phi) is 6.18. The molecule has 8 nitrogen and oxygen atoms in total. The molecule has 30 heavy (non-hydrogen) atoms. The fourth-order valence-electron chi connectivity index (χ4n) is 3.87. The van der Waals surface area contributed by atoms with Crippen molar-refractivity contribution in [3.8, 4) is 0 Å². The molecule has 1 aliphatic heterocycles. The Morgan fingerprint density at radius 1 is 1.17 bits per heavy atom. The number of nitrogens with zero attached hydrogens (tertiary/aromatic N) is 6. The molecule has 4 rings (SSSR count). The third-order valence-corrected chi connectivity index (χ3v) is 5.44. The van der Waals surface area contributed by atoms with Crippen molar-refractivity contribution >= 4 is 5.91 Å². The van der Waals surface area contributed by atoms with Crippen molar-refractivity contribution in [2.75, 3.05) is 26.2 Å². The van der Waals surface area contributed by atoms with Gasteiger partial charge in [-0.25, -0.2) is 9.07 Å². The molecule has 9 heteroatoms. The number of halogens is 1. The molecule has 3 aromatic rings. The van der Waals surface area contributed by atoms with E-state index in [-0.39, 0.29) is 17.8 Å². The first-order chi connectivity index (χ1) is 14.7. The van der Waals surface area contributed by atoms with Gasteiger partial charge in [0.2, 0.25) is 0 Å². The zero-order valence-electron chi connectivity index (χ0n) is 16.9. The summed E-state index contributed by atoms with van der Waals surface area (Å²) < 4.78 is 20.2. The first kappa shape index (κ1) is 20.2. The van der Waals surface area contributed by atoms with E-state index in [4.69, 9.17) is 4.42 Å². The van der Waals surface area contributed by atoms with Crippen molar-refractivity contribution in [3.63, 3.8) is 0 Å². The van der Waals surface area contributed by atoms with E-state index in [2.05, 4.69) is 27.3 Å². The monoisotopic (exact) mass is 412 g/mol. The minimum absolute atomic E-state index is 0.0614. The third kappa shape index (κ3) is 4.40. The second kappa shape index (κ2) is 9.17. The number of piperazine rings is 1. The molecule has 1 saturated heterocycles. The maximum atomic E-state index is 13.2. The topological polar surface area (TPSA) is 80.3 Å². The number of benzene rings is 1. The van der Waals surface area contributed by atoms with Crippen molar-refractivity contribution in [2.45, 2.75) is 32.4 Å². The summed E-state index contributed by atoms with van der Waals surface area (Å²) in [4.78, 5) is 16.7. The lowest BCUT2D eigenvalue weighted by atomic mass is 10.1. The predicted molar refractivity (Wildman–Crippen MR) is 107 cm³/mol. The van der Waals surface area contributed by atoms with E-state index in [1.807, 2.05) is 4.90 Å². The summed E-state index contributed by atoms with van der Waals surface area (Å²) in [5.74, 6) is 0.832. The van der Waals surface area contributed by atoms with Crippen molar-refractivity contribution in [2.24, 2.45) is 0 Å². The van der Waals surface area contributed by atoms with Crippen LogP contribution in [0, 0.1) is 5.82 Å². The normalized spacial score (nSPS) is 16.0. The van der Waals surface area contributed by atoms with E-state index >= 15 is 0 Å². The van der Waals surface area contributed by atoms with Crippen molar-refractivity contribution in [1.29, 1.82) is 0 Å². The maximum Gasteiger partial charge on any atom is 0.289 e. The van der Waals surface area contributed by atoms with Crippen molar-refractivity contribution < 1.29 is 13.6 Å². The lowest BCUT2D eigenvalue weighted by Gasteiger charge is -2.38. The van der Waals surface area contributed by atoms with Gasteiger partial charge in [-0.3, -0.25) is 9.69 Å². The second-order valence-corrected chi connectivity index (χ2v) is 7.43. The molecular weight excluding hydrogens is 387 g/mol. The highest BCUT2D eigenvalue weighted by Crippen LogP contribution is 2.26. The lowest BCUT2D eigenvalue weighted by Crippen LogP contribution is -2.50. The van der Waals surface area contributed by atoms with Gasteiger partial charge in [-0.05, 0) is 46.7 Å². The van der Waals surface area contributed by atoms with E-state index in [1.54, 1.807) is 28.9 Å². The Hall–Kier alpha value is -3.07. The summed E-state index contributed by atoms with van der Waals surface area (Å²) in [5.41, 5.74) is 0.939. The summed E-state index contributed by atoms with van der Waals surface area (Å²) in [7, 11) is 0. The van der Waals surface area contributed by atoms with Gasteiger partial charge in [-0.2, -0.15) is 0 Å². The zero-order valence-corrected chi connectivity index (χ0v) is 16.9. The van der Waals surface area contributed by atoms with E-state index in [0.717, 1.165) is 37.3 Å². The second-order valence-electron chi connectivity index (χ2n) is 7.43. The molecule has 3 heterocycles. The number of carbonyl (C=O) groups is 1. The third-order valence-electron chi connectivity index (χ3n) is 5.44. The molecule has 2 aromatic heterocycles. The summed E-state index contributed by atoms with van der Waals surface area (Å²) in [6.45, 7) is 5.34. The summed E-state index contributed by atoms with van der Waals surface area (Å²) >= 11 is 0. The molecule has 0 N–H and O–H groups in total. The van der Waals surface area contributed by atoms with Crippen LogP contribution in [0.2, 0.25) is 0 Å². The van der Waals surface area contributed by atoms with Gasteiger partial charge in [0.25, 0.3) is 5.91 Å². The van der Waals surface area contributed by atoms with Gasteiger partial charge in [0.15, 0.2) is 11.6 Å². The molecule has 0 spiro atoms. The highest BCUT2D eigenvalue weighted by atomic mass is 19.1. The first-order valence-electron chi connectivity index (χ1n) is 10.2. The van der Waals surface area contributed by atoms with Gasteiger partial charge in [-0.15, -0.1) is 5.10 Å². The Labute approximate surface area is 174 Å². The molecule has 1 amide bonds. The Morgan fingerprint density at radius 2 is 1.93 bits per heavy atom. The number of hydrogen-bond donors (Lipinski definition) is 0. The standard InChI is InChI=1S/C21H25FN6O2/c1-2-4-18(20-23-24-25-28(20)15-16-6-8-17(22)9-7-16)26-10-12-27(13-11-26)21(29)19-5-3-14-30-19/h3,5-9,14,18H,2,4,10-13,15H2,1H3/t18-/m1/s1. The van der Waals surface area contributed by atoms with Gasteiger partial charge < -0.3 is 9.32 Å². The molecule has 0 bridgehead atoms. The summed E-state index contributed by atoms with van der Waals surface area (Å²) in [6.07, 6.45) is 3.41. The van der Waals surface area contributed by atoms with Gasteiger partial charge in [0.1, 0.15) is 5.82 Å². The molecule has 0 radical (unpaired) electrons. The SMILES string of the molecule is CCC[C@H](c1nnnn1Cc1ccc(F)cc1)N1CCN(C(=O)c2ccco2)CC1. The Balaban J connectivity index is 1.45. The molecule has 158 valence electrons. The van der Waals surface area contributed by atoms with Gasteiger partial charge in [0, 0.05) is 26.2 Å². The van der Waals surface area contributed by atoms with Crippen LogP contribution in [0.25, 0.3) is 0 Å². The number of carbonyl (C=O) groups excluding carboxylic acids is 1. The average Bonchev–Trinajstić information content (AvgIpc) is 3.46. The van der Waals surface area contributed by atoms with Crippen LogP contribution in [0.4, 0.5) is 4.39 Å². The maximum absolute atomic E-state index is 13.2. The van der Waals surface area contributed by atoms with E-state index in [1.165, 1.54) is 18.4 Å². The number of rotatable bonds is 7. The molecule has 1 fully saturated rings. The fourth-order valence-corrected chi connectivity index (χ4v) is 3.87. The van der Waals surface area contributed by atoms with Crippen LogP contribution in [-0.4, -0.2) is 62.1 Å². The van der Waals surface area contributed by atoms with Crippen molar-refractivity contribution in [3.05, 3.63) is 65.6 Å². The van der Waals surface area contributed by atoms with E-state index in [9.17, 15) is 9.18 Å². The van der Waals surface area contributed by atoms with Crippen LogP contribution < -0.4 is 0 Å². The molecule has 0 aliphatic carbocycles. The number of aromatic nitrogens is 4. The highest BCUT2D eigenvalue weighted by molar-refractivity contribution is 5.91. The largest absolute Gasteiger partial charge is 0.459 e. The van der Waals surface area contributed by atoms with Crippen LogP contribution in [0.15, 0.2) is 47.1 Å². The number of tetrazole rings is 1. The zero-order chi connectivity index (χ0) is 20.9. The Bertz CT molecular complexity index is 948. The summed E-state index contributed by atoms with van der Waals surface area (Å²) in [5, 5.41) is 12.4. The minimum Gasteiger partial charge on any atom is -0.459 e. The molecule has 1 aliphatic rings.